The van der Waals surface area contributed by atoms with Crippen molar-refractivity contribution < 1.29 is 48.5 Å². The fraction of sp³-hybridized carbons (Fsp3) is 0.200. The van der Waals surface area contributed by atoms with Gasteiger partial charge >= 0.3 is 29.6 Å². The Hall–Kier alpha value is -2.77. The molecule has 0 saturated carbocycles. The van der Waals surface area contributed by atoms with E-state index in [9.17, 15) is 9.69 Å². The van der Waals surface area contributed by atoms with Gasteiger partial charge in [-0.1, -0.05) is 64.0 Å². The summed E-state index contributed by atoms with van der Waals surface area (Å²) in [5.41, 5.74) is 13.0. The topological polar surface area (TPSA) is 104 Å². The third-order valence-corrected chi connectivity index (χ3v) is 6.57. The second-order valence-corrected chi connectivity index (χ2v) is 11.7. The first-order valence-electron chi connectivity index (χ1n) is 12.3. The molecule has 0 aromatic heterocycles. The van der Waals surface area contributed by atoms with Crippen LogP contribution in [0.2, 0.25) is 0 Å². The number of fused-ring (bicyclic) bond motifs is 1. The van der Waals surface area contributed by atoms with Crippen LogP contribution in [-0.2, 0) is 10.2 Å². The Kier molecular flexibility index (Phi) is 9.60. The predicted octanol–water partition coefficient (Wildman–Crippen LogP) is 4.63. The van der Waals surface area contributed by atoms with Crippen LogP contribution in [0.25, 0.3) is 22.2 Å². The van der Waals surface area contributed by atoms with E-state index in [4.69, 9.17) is 14.8 Å². The van der Waals surface area contributed by atoms with E-state index in [1.165, 1.54) is 0 Å². The van der Waals surface area contributed by atoms with E-state index in [2.05, 4.69) is 23.5 Å². The van der Waals surface area contributed by atoms with Crippen molar-refractivity contribution in [1.29, 1.82) is 0 Å². The summed E-state index contributed by atoms with van der Waals surface area (Å²) in [4.78, 5) is 23.7. The summed E-state index contributed by atoms with van der Waals surface area (Å²) in [5.74, 6) is 0.630. The minimum Gasteiger partial charge on any atom is -0.596 e. The summed E-state index contributed by atoms with van der Waals surface area (Å²) in [5, 5.41) is 6.18. The van der Waals surface area contributed by atoms with Crippen LogP contribution in [0.1, 0.15) is 38.8 Å². The summed E-state index contributed by atoms with van der Waals surface area (Å²) in [6.07, 6.45) is 5.11. The molecule has 1 atom stereocenters. The molecule has 1 amide bonds. The zero-order valence-electron chi connectivity index (χ0n) is 23.1. The van der Waals surface area contributed by atoms with Gasteiger partial charge < -0.3 is 30.3 Å². The average Bonchev–Trinajstić information content (AvgIpc) is 2.83. The molecule has 0 bridgehead atoms. The van der Waals surface area contributed by atoms with Gasteiger partial charge in [-0.2, -0.15) is 0 Å². The van der Waals surface area contributed by atoms with Crippen molar-refractivity contribution in [2.45, 2.75) is 33.1 Å². The van der Waals surface area contributed by atoms with Crippen LogP contribution in [0.3, 0.4) is 0 Å². The second-order valence-electron chi connectivity index (χ2n) is 10.1. The molecule has 4 N–H and O–H groups in total. The summed E-state index contributed by atoms with van der Waals surface area (Å²) in [7, 11) is -3.63. The first kappa shape index (κ1) is 30.8. The van der Waals surface area contributed by atoms with Crippen molar-refractivity contribution >= 4 is 36.6 Å². The minimum atomic E-state index is -3.63. The van der Waals surface area contributed by atoms with Crippen molar-refractivity contribution in [3.05, 3.63) is 95.6 Å². The number of carbonyl (C=O) groups is 1. The summed E-state index contributed by atoms with van der Waals surface area (Å²) in [6.45, 7) is 12.6. The first-order chi connectivity index (χ1) is 17.9. The van der Waals surface area contributed by atoms with E-state index in [-0.39, 0.29) is 35.5 Å². The number of hydrogen-bond acceptors (Lipinski definition) is 5. The monoisotopic (exact) mass is 553 g/mol. The maximum absolute atomic E-state index is 13.6. The largest absolute Gasteiger partial charge is 1.00 e. The smallest absolute Gasteiger partial charge is 0.596 e. The van der Waals surface area contributed by atoms with Gasteiger partial charge in [-0.15, -0.1) is 0 Å². The molecule has 198 valence electrons. The number of carbonyl (C=O) groups excluding carboxylic acids is 1. The average molecular weight is 554 g/mol. The summed E-state index contributed by atoms with van der Waals surface area (Å²) < 4.78 is 11.4. The fourth-order valence-electron chi connectivity index (χ4n) is 4.31. The van der Waals surface area contributed by atoms with Crippen molar-refractivity contribution in [3.63, 3.8) is 0 Å². The Labute approximate surface area is 252 Å². The van der Waals surface area contributed by atoms with Crippen molar-refractivity contribution in [2.24, 2.45) is 0 Å². The van der Waals surface area contributed by atoms with Crippen LogP contribution in [0.5, 0.6) is 11.5 Å². The van der Waals surface area contributed by atoms with Crippen LogP contribution in [0.4, 0.5) is 11.4 Å². The van der Waals surface area contributed by atoms with Crippen LogP contribution in [0.15, 0.2) is 79.0 Å². The van der Waals surface area contributed by atoms with Crippen LogP contribution >= 0.6 is 7.49 Å². The third kappa shape index (κ3) is 7.25. The molecule has 39 heavy (non-hydrogen) atoms. The number of anilines is 2. The van der Waals surface area contributed by atoms with Gasteiger partial charge in [-0.25, -0.2) is 0 Å². The van der Waals surface area contributed by atoms with Gasteiger partial charge in [-0.05, 0) is 47.7 Å². The summed E-state index contributed by atoms with van der Waals surface area (Å²) >= 11 is 0. The number of benzene rings is 3. The fourth-order valence-corrected chi connectivity index (χ4v) is 4.79. The van der Waals surface area contributed by atoms with Gasteiger partial charge in [0.2, 0.25) is 0 Å². The molecule has 0 saturated heterocycles. The number of nitrogens with one attached hydrogen (secondary N) is 3. The Bertz CT molecular complexity index is 1490. The zero-order chi connectivity index (χ0) is 27.7. The Morgan fingerprint density at radius 2 is 1.82 bits per heavy atom. The van der Waals surface area contributed by atoms with Crippen LogP contribution in [-0.4, -0.2) is 23.7 Å². The third-order valence-electron chi connectivity index (χ3n) is 6.08. The Balaban J connectivity index is 0.00000420. The molecule has 1 unspecified atom stereocenters. The number of amides is 1. The number of para-hydroxylation sites is 1. The maximum Gasteiger partial charge on any atom is 1.00 e. The van der Waals surface area contributed by atoms with E-state index < -0.39 is 12.9 Å². The Morgan fingerprint density at radius 3 is 2.49 bits per heavy atom. The molecule has 7 nitrogen and oxygen atoms in total. The van der Waals surface area contributed by atoms with Gasteiger partial charge in [0, 0.05) is 34.6 Å². The molecule has 1 aliphatic rings. The van der Waals surface area contributed by atoms with E-state index in [0.717, 1.165) is 27.9 Å². The summed E-state index contributed by atoms with van der Waals surface area (Å²) in [6, 6.07) is 18.8. The molecule has 3 aromatic rings. The van der Waals surface area contributed by atoms with Crippen LogP contribution < -0.4 is 49.5 Å². The Morgan fingerprint density at radius 1 is 1.10 bits per heavy atom. The van der Waals surface area contributed by atoms with Crippen molar-refractivity contribution in [1.82, 2.24) is 0 Å². The van der Waals surface area contributed by atoms with Gasteiger partial charge in [0.05, 0.1) is 25.4 Å². The molecule has 0 aliphatic carbocycles. The molecular weight excluding hydrogens is 520 g/mol. The van der Waals surface area contributed by atoms with Crippen molar-refractivity contribution in [2.75, 3.05) is 17.2 Å². The SMILES string of the molecule is C=C1C(C(=O)Nc2cc(OP(=C)([NH-])O)c(C(C)(C)C)cc2-c2cccc(OCC)c2)=CNc2ccccc21.[Na+]. The minimum absolute atomic E-state index is 0. The molecule has 0 fully saturated rings. The van der Waals surface area contributed by atoms with Crippen molar-refractivity contribution in [3.8, 4) is 22.6 Å². The van der Waals surface area contributed by atoms with Gasteiger partial charge in [-0.3, -0.25) is 4.79 Å². The first-order valence-corrected chi connectivity index (χ1v) is 14.1. The van der Waals surface area contributed by atoms with E-state index in [0.29, 0.717) is 34.9 Å². The second kappa shape index (κ2) is 12.2. The van der Waals surface area contributed by atoms with E-state index >= 15 is 0 Å². The normalized spacial score (nSPS) is 14.1. The molecule has 9 heteroatoms. The zero-order valence-corrected chi connectivity index (χ0v) is 26.0. The molecular formula is C30H33N3NaO4P. The maximum atomic E-state index is 13.6. The molecule has 1 aliphatic heterocycles. The van der Waals surface area contributed by atoms with Gasteiger partial charge in [0.1, 0.15) is 11.5 Å². The quantitative estimate of drug-likeness (QED) is 0.292. The number of rotatable bonds is 7. The molecule has 1 heterocycles. The van der Waals surface area contributed by atoms with E-state index in [1.807, 2.05) is 82.3 Å². The van der Waals surface area contributed by atoms with Gasteiger partial charge in [0.25, 0.3) is 5.91 Å². The number of hydrogen-bond donors (Lipinski definition) is 3. The van der Waals surface area contributed by atoms with Gasteiger partial charge in [0.15, 0.2) is 0 Å². The number of ether oxygens (including phenoxy) is 1. The molecule has 4 rings (SSSR count). The molecule has 0 radical (unpaired) electrons. The predicted molar refractivity (Wildman–Crippen MR) is 159 cm³/mol. The van der Waals surface area contributed by atoms with E-state index in [1.54, 1.807) is 12.3 Å². The molecule has 3 aromatic carbocycles. The standard InChI is InChI=1S/C30H33N3O4P.Na/c1-7-36-21-12-10-11-20(15-21)23-16-25(30(3,4)5)28(37-38(6,31)35)17-27(23)33-29(34)24-18-32-26-14-9-8-13-22(26)19(24)2;/h8-18,31,35H,2,6-7H2,1,3-5H3,(H2,32,33,34);/q-1;+1. The molecule has 0 spiro atoms. The van der Waals surface area contributed by atoms with Crippen LogP contribution in [0, 0.1) is 0 Å².